The Hall–Kier alpha value is -2.54. The maximum Gasteiger partial charge on any atom is 0.326 e. The summed E-state index contributed by atoms with van der Waals surface area (Å²) in [6.45, 7) is 5.45. The quantitative estimate of drug-likeness (QED) is 0.0779. The molecule has 5 unspecified atom stereocenters. The van der Waals surface area contributed by atoms with E-state index < -0.39 is 47.9 Å². The molecule has 0 rings (SSSR count). The van der Waals surface area contributed by atoms with Gasteiger partial charge in [0.2, 0.25) is 17.7 Å². The summed E-state index contributed by atoms with van der Waals surface area (Å²) < 4.78 is 0. The van der Waals surface area contributed by atoms with Gasteiger partial charge in [0.15, 0.2) is 5.96 Å². The number of nitrogens with two attached hydrogens (primary N) is 3. The Bertz CT molecular complexity index is 688. The number of aliphatic imine (C=N–C) groups is 1. The predicted molar refractivity (Wildman–Crippen MR) is 129 cm³/mol. The highest BCUT2D eigenvalue weighted by molar-refractivity contribution is 7.98. The number of nitrogens with one attached hydrogen (secondary N) is 3. The highest BCUT2D eigenvalue weighted by Gasteiger charge is 2.29. The first kappa shape index (κ1) is 30.5. The summed E-state index contributed by atoms with van der Waals surface area (Å²) in [6, 6.07) is -3.85. The fourth-order valence-electron chi connectivity index (χ4n) is 2.72. The monoisotopic (exact) mass is 489 g/mol. The zero-order valence-electron chi connectivity index (χ0n) is 19.8. The molecule has 0 bridgehead atoms. The molecule has 0 aromatic carbocycles. The highest BCUT2D eigenvalue weighted by atomic mass is 32.2. The number of hydrogen-bond donors (Lipinski definition) is 7. The molecular formula is C20H39N7O5S. The normalized spacial score (nSPS) is 15.3. The second kappa shape index (κ2) is 16.1. The zero-order valence-corrected chi connectivity index (χ0v) is 20.6. The van der Waals surface area contributed by atoms with Crippen LogP contribution < -0.4 is 33.2 Å². The molecule has 0 heterocycles. The van der Waals surface area contributed by atoms with Crippen LogP contribution in [0.15, 0.2) is 4.99 Å². The number of thioether (sulfide) groups is 1. The van der Waals surface area contributed by atoms with Crippen LogP contribution >= 0.6 is 11.8 Å². The van der Waals surface area contributed by atoms with E-state index in [1.807, 2.05) is 20.1 Å². The molecular weight excluding hydrogens is 450 g/mol. The number of amides is 3. The van der Waals surface area contributed by atoms with Crippen LogP contribution in [0, 0.1) is 5.92 Å². The minimum absolute atomic E-state index is 0.0661. The molecule has 13 heteroatoms. The lowest BCUT2D eigenvalue weighted by atomic mass is 9.99. The third-order valence-corrected chi connectivity index (χ3v) is 5.76. The fraction of sp³-hybridized carbons (Fsp3) is 0.750. The fourth-order valence-corrected chi connectivity index (χ4v) is 3.19. The number of carbonyl (C=O) groups is 4. The van der Waals surface area contributed by atoms with Crippen molar-refractivity contribution in [1.29, 1.82) is 0 Å². The van der Waals surface area contributed by atoms with Crippen molar-refractivity contribution in [3.8, 4) is 0 Å². The second-order valence-electron chi connectivity index (χ2n) is 7.83. The van der Waals surface area contributed by atoms with Crippen molar-refractivity contribution in [1.82, 2.24) is 16.0 Å². The van der Waals surface area contributed by atoms with Gasteiger partial charge in [-0.05, 0) is 44.1 Å². The molecule has 0 aliphatic carbocycles. The summed E-state index contributed by atoms with van der Waals surface area (Å²) in [5.74, 6) is -2.50. The van der Waals surface area contributed by atoms with Gasteiger partial charge >= 0.3 is 5.97 Å². The smallest absolute Gasteiger partial charge is 0.326 e. The molecule has 33 heavy (non-hydrogen) atoms. The van der Waals surface area contributed by atoms with E-state index in [1.54, 1.807) is 0 Å². The number of carboxylic acids is 1. The summed E-state index contributed by atoms with van der Waals surface area (Å²) in [4.78, 5) is 53.0. The van der Waals surface area contributed by atoms with Crippen molar-refractivity contribution >= 4 is 41.4 Å². The maximum atomic E-state index is 12.8. The average Bonchev–Trinajstić information content (AvgIpc) is 2.76. The first-order valence-electron chi connectivity index (χ1n) is 10.9. The first-order chi connectivity index (χ1) is 15.4. The highest BCUT2D eigenvalue weighted by Crippen LogP contribution is 2.07. The van der Waals surface area contributed by atoms with Crippen LogP contribution in [0.5, 0.6) is 0 Å². The Morgan fingerprint density at radius 1 is 0.970 bits per heavy atom. The summed E-state index contributed by atoms with van der Waals surface area (Å²) >= 11 is 1.46. The molecule has 0 saturated carbocycles. The average molecular weight is 490 g/mol. The molecule has 0 radical (unpaired) electrons. The van der Waals surface area contributed by atoms with Crippen LogP contribution in [0.3, 0.4) is 0 Å². The van der Waals surface area contributed by atoms with E-state index in [2.05, 4.69) is 20.9 Å². The Balaban J connectivity index is 5.24. The van der Waals surface area contributed by atoms with Gasteiger partial charge in [0.05, 0.1) is 6.04 Å². The van der Waals surface area contributed by atoms with Crippen molar-refractivity contribution in [3.63, 3.8) is 0 Å². The molecule has 12 nitrogen and oxygen atoms in total. The molecule has 0 aromatic heterocycles. The lowest BCUT2D eigenvalue weighted by Gasteiger charge is -2.24. The van der Waals surface area contributed by atoms with Gasteiger partial charge in [-0.3, -0.25) is 19.4 Å². The number of rotatable bonds is 16. The van der Waals surface area contributed by atoms with Gasteiger partial charge in [-0.2, -0.15) is 11.8 Å². The van der Waals surface area contributed by atoms with Crippen molar-refractivity contribution in [2.75, 3.05) is 18.6 Å². The molecule has 0 fully saturated rings. The summed E-state index contributed by atoms with van der Waals surface area (Å²) in [5.41, 5.74) is 16.5. The topological polar surface area (TPSA) is 215 Å². The lowest BCUT2D eigenvalue weighted by Crippen LogP contribution is -2.56. The Morgan fingerprint density at radius 3 is 2.09 bits per heavy atom. The van der Waals surface area contributed by atoms with E-state index in [-0.39, 0.29) is 31.3 Å². The van der Waals surface area contributed by atoms with E-state index in [0.717, 1.165) is 0 Å². The Labute approximate surface area is 199 Å². The van der Waals surface area contributed by atoms with Gasteiger partial charge in [0, 0.05) is 6.54 Å². The van der Waals surface area contributed by atoms with E-state index >= 15 is 0 Å². The maximum absolute atomic E-state index is 12.8. The predicted octanol–water partition coefficient (Wildman–Crippen LogP) is -1.27. The minimum Gasteiger partial charge on any atom is -0.480 e. The van der Waals surface area contributed by atoms with Gasteiger partial charge in [0.1, 0.15) is 18.1 Å². The molecule has 5 atom stereocenters. The molecule has 0 aromatic rings. The number of aliphatic carboxylic acids is 1. The third kappa shape index (κ3) is 12.3. The van der Waals surface area contributed by atoms with Gasteiger partial charge < -0.3 is 38.3 Å². The summed E-state index contributed by atoms with van der Waals surface area (Å²) in [7, 11) is 0. The van der Waals surface area contributed by atoms with Crippen LogP contribution in [-0.4, -0.2) is 77.5 Å². The molecule has 10 N–H and O–H groups in total. The molecule has 3 amide bonds. The van der Waals surface area contributed by atoms with E-state index in [9.17, 15) is 24.3 Å². The van der Waals surface area contributed by atoms with Crippen molar-refractivity contribution in [2.24, 2.45) is 28.1 Å². The van der Waals surface area contributed by atoms with Gasteiger partial charge in [-0.1, -0.05) is 20.3 Å². The number of nitrogens with zero attached hydrogens (tertiary/aromatic N) is 1. The number of carboxylic acid groups (broad SMARTS) is 1. The molecule has 190 valence electrons. The van der Waals surface area contributed by atoms with E-state index in [0.29, 0.717) is 18.6 Å². The number of carbonyl (C=O) groups excluding carboxylic acids is 3. The van der Waals surface area contributed by atoms with E-state index in [1.165, 1.54) is 18.7 Å². The number of hydrogen-bond acceptors (Lipinski definition) is 7. The molecule has 0 spiro atoms. The van der Waals surface area contributed by atoms with Gasteiger partial charge in [-0.15, -0.1) is 0 Å². The minimum atomic E-state index is -1.16. The van der Waals surface area contributed by atoms with Crippen molar-refractivity contribution < 1.29 is 24.3 Å². The van der Waals surface area contributed by atoms with Crippen molar-refractivity contribution in [3.05, 3.63) is 0 Å². The van der Waals surface area contributed by atoms with Crippen LogP contribution in [0.4, 0.5) is 0 Å². The van der Waals surface area contributed by atoms with Crippen LogP contribution in [0.1, 0.15) is 46.5 Å². The summed E-state index contributed by atoms with van der Waals surface area (Å²) in [6.07, 6.45) is 3.29. The van der Waals surface area contributed by atoms with Gasteiger partial charge in [-0.25, -0.2) is 4.79 Å². The Morgan fingerprint density at radius 2 is 1.58 bits per heavy atom. The zero-order chi connectivity index (χ0) is 25.6. The van der Waals surface area contributed by atoms with Crippen LogP contribution in [-0.2, 0) is 19.2 Å². The number of guanidine groups is 1. The Kier molecular flexibility index (Phi) is 14.9. The second-order valence-corrected chi connectivity index (χ2v) is 8.82. The molecule has 0 aliphatic heterocycles. The van der Waals surface area contributed by atoms with E-state index in [4.69, 9.17) is 17.2 Å². The van der Waals surface area contributed by atoms with Crippen LogP contribution in [0.25, 0.3) is 0 Å². The van der Waals surface area contributed by atoms with Crippen LogP contribution in [0.2, 0.25) is 0 Å². The largest absolute Gasteiger partial charge is 0.480 e. The molecule has 0 aliphatic rings. The standard InChI is InChI=1S/C20H39N7O5S/c1-5-11(2)15(21)18(30)25-12(3)16(28)26-13(7-6-9-24-20(22)23)17(29)27-14(19(31)32)8-10-33-4/h11-15H,5-10,21H2,1-4H3,(H,25,30)(H,26,28)(H,27,29)(H,31,32)(H4,22,23,24). The summed E-state index contributed by atoms with van der Waals surface area (Å²) in [5, 5.41) is 17.0. The SMILES string of the molecule is CCC(C)C(N)C(=O)NC(C)C(=O)NC(CCCN=C(N)N)C(=O)NC(CCSC)C(=O)O. The van der Waals surface area contributed by atoms with Gasteiger partial charge in [0.25, 0.3) is 0 Å². The first-order valence-corrected chi connectivity index (χ1v) is 12.3. The van der Waals surface area contributed by atoms with Crippen molar-refractivity contribution in [2.45, 2.75) is 70.6 Å². The third-order valence-electron chi connectivity index (χ3n) is 5.12. The molecule has 0 saturated heterocycles. The lowest BCUT2D eigenvalue weighted by molar-refractivity contribution is -0.142.